The molecule has 2 aromatic carbocycles. The van der Waals surface area contributed by atoms with E-state index in [1.165, 1.54) is 0 Å². The number of hydrogen-bond donors (Lipinski definition) is 1. The van der Waals surface area contributed by atoms with Crippen molar-refractivity contribution in [1.82, 2.24) is 0 Å². The van der Waals surface area contributed by atoms with E-state index in [2.05, 4.69) is 0 Å². The first-order chi connectivity index (χ1) is 10.1. The van der Waals surface area contributed by atoms with E-state index in [-0.39, 0.29) is 13.3 Å². The molecule has 0 amide bonds. The second-order valence-corrected chi connectivity index (χ2v) is 5.04. The second-order valence-electron chi connectivity index (χ2n) is 5.04. The van der Waals surface area contributed by atoms with Crippen LogP contribution in [0.1, 0.15) is 15.9 Å². The lowest BCUT2D eigenvalue weighted by Gasteiger charge is -2.11. The molecule has 0 unspecified atom stereocenters. The molecule has 0 saturated heterocycles. The van der Waals surface area contributed by atoms with Crippen LogP contribution in [0.5, 0.6) is 0 Å². The number of benzene rings is 2. The van der Waals surface area contributed by atoms with Gasteiger partial charge < -0.3 is 9.92 Å². The van der Waals surface area contributed by atoms with Crippen molar-refractivity contribution >= 4 is 30.5 Å². The fourth-order valence-corrected chi connectivity index (χ4v) is 1.93. The molecule has 0 bridgehead atoms. The van der Waals surface area contributed by atoms with E-state index < -0.39 is 0 Å². The van der Waals surface area contributed by atoms with Crippen LogP contribution in [0.2, 0.25) is 0 Å². The van der Waals surface area contributed by atoms with E-state index in [0.29, 0.717) is 5.56 Å². The van der Waals surface area contributed by atoms with Gasteiger partial charge in [-0.25, -0.2) is 0 Å². The first-order valence-electron chi connectivity index (χ1n) is 6.80. The van der Waals surface area contributed by atoms with Crippen molar-refractivity contribution in [1.29, 1.82) is 0 Å². The Morgan fingerprint density at radius 3 is 2.19 bits per heavy atom. The Morgan fingerprint density at radius 1 is 1.05 bits per heavy atom. The summed E-state index contributed by atoms with van der Waals surface area (Å²) >= 11 is 0. The summed E-state index contributed by atoms with van der Waals surface area (Å²) in [5, 5.41) is 8.98. The average Bonchev–Trinajstić information content (AvgIpc) is 2.53. The SMILES string of the molecule is CN(C)c1ccc(/C=C/C(=O)c2ccc(BO)cc2)cc1. The van der Waals surface area contributed by atoms with Crippen LogP contribution in [-0.2, 0) is 0 Å². The van der Waals surface area contributed by atoms with Gasteiger partial charge in [-0.2, -0.15) is 0 Å². The number of rotatable bonds is 5. The number of ketones is 1. The third kappa shape index (κ3) is 4.07. The van der Waals surface area contributed by atoms with E-state index >= 15 is 0 Å². The minimum Gasteiger partial charge on any atom is -0.449 e. The van der Waals surface area contributed by atoms with Crippen molar-refractivity contribution in [3.63, 3.8) is 0 Å². The minimum absolute atomic E-state index is 0.0114. The van der Waals surface area contributed by atoms with Crippen LogP contribution >= 0.6 is 0 Å². The van der Waals surface area contributed by atoms with Crippen LogP contribution in [-0.4, -0.2) is 32.4 Å². The molecule has 0 radical (unpaired) electrons. The Balaban J connectivity index is 2.07. The van der Waals surface area contributed by atoms with Crippen molar-refractivity contribution < 1.29 is 9.82 Å². The Kier molecular flexibility index (Phi) is 4.96. The van der Waals surface area contributed by atoms with E-state index in [1.54, 1.807) is 30.3 Å². The fourth-order valence-electron chi connectivity index (χ4n) is 1.93. The molecule has 21 heavy (non-hydrogen) atoms. The van der Waals surface area contributed by atoms with Crippen LogP contribution in [0, 0.1) is 0 Å². The maximum atomic E-state index is 12.0. The first-order valence-corrected chi connectivity index (χ1v) is 6.80. The normalized spacial score (nSPS) is 10.6. The molecular weight excluding hydrogens is 261 g/mol. The molecule has 0 aromatic heterocycles. The highest BCUT2D eigenvalue weighted by Gasteiger charge is 2.02. The van der Waals surface area contributed by atoms with Gasteiger partial charge in [0.15, 0.2) is 5.78 Å². The van der Waals surface area contributed by atoms with E-state index in [1.807, 2.05) is 49.3 Å². The highest BCUT2D eigenvalue weighted by atomic mass is 16.2. The van der Waals surface area contributed by atoms with Gasteiger partial charge in [0.05, 0.1) is 0 Å². The van der Waals surface area contributed by atoms with Gasteiger partial charge in [0, 0.05) is 25.3 Å². The van der Waals surface area contributed by atoms with E-state index in [0.717, 1.165) is 16.7 Å². The molecular formula is C17H18BNO2. The standard InChI is InChI=1S/C17H18BNO2/c1-19(2)16-10-3-13(4-11-16)5-12-17(20)14-6-8-15(18-21)9-7-14/h3-12,18,21H,1-2H3/b12-5+. The Labute approximate surface area is 125 Å². The lowest BCUT2D eigenvalue weighted by molar-refractivity contribution is 0.104. The molecule has 0 heterocycles. The summed E-state index contributed by atoms with van der Waals surface area (Å²) in [5.41, 5.74) is 3.53. The summed E-state index contributed by atoms with van der Waals surface area (Å²) in [4.78, 5) is 14.1. The third-order valence-corrected chi connectivity index (χ3v) is 3.26. The molecule has 2 rings (SSSR count). The summed E-state index contributed by atoms with van der Waals surface area (Å²) in [6.45, 7) is 0. The smallest absolute Gasteiger partial charge is 0.304 e. The number of hydrogen-bond acceptors (Lipinski definition) is 3. The lowest BCUT2D eigenvalue weighted by Crippen LogP contribution is -2.13. The summed E-state index contributed by atoms with van der Waals surface area (Å²) in [5.74, 6) is -0.0452. The van der Waals surface area contributed by atoms with Crippen LogP contribution < -0.4 is 10.4 Å². The van der Waals surface area contributed by atoms with Gasteiger partial charge in [-0.1, -0.05) is 47.9 Å². The molecule has 2 aromatic rings. The summed E-state index contributed by atoms with van der Waals surface area (Å²) in [6, 6.07) is 15.0. The van der Waals surface area contributed by atoms with Gasteiger partial charge in [0.2, 0.25) is 0 Å². The van der Waals surface area contributed by atoms with Crippen LogP contribution in [0.4, 0.5) is 5.69 Å². The second kappa shape index (κ2) is 6.91. The molecule has 0 atom stereocenters. The zero-order chi connectivity index (χ0) is 15.2. The zero-order valence-corrected chi connectivity index (χ0v) is 12.3. The maximum Gasteiger partial charge on any atom is 0.304 e. The molecule has 106 valence electrons. The molecule has 0 aliphatic heterocycles. The fraction of sp³-hybridized carbons (Fsp3) is 0.118. The summed E-state index contributed by atoms with van der Waals surface area (Å²) in [7, 11) is 3.97. The molecule has 1 N–H and O–H groups in total. The number of carbonyl (C=O) groups is 1. The quantitative estimate of drug-likeness (QED) is 0.513. The molecule has 3 nitrogen and oxygen atoms in total. The highest BCUT2D eigenvalue weighted by Crippen LogP contribution is 2.13. The van der Waals surface area contributed by atoms with Gasteiger partial charge in [-0.05, 0) is 23.8 Å². The molecule has 0 aliphatic carbocycles. The molecule has 0 spiro atoms. The Morgan fingerprint density at radius 2 is 1.67 bits per heavy atom. The van der Waals surface area contributed by atoms with Crippen molar-refractivity contribution in [3.05, 3.63) is 65.7 Å². The predicted molar refractivity (Wildman–Crippen MR) is 89.6 cm³/mol. The first kappa shape index (κ1) is 15.1. The van der Waals surface area contributed by atoms with Gasteiger partial charge in [-0.15, -0.1) is 0 Å². The largest absolute Gasteiger partial charge is 0.449 e. The molecule has 0 aliphatic rings. The topological polar surface area (TPSA) is 40.5 Å². The molecule has 4 heteroatoms. The Hall–Kier alpha value is -2.33. The third-order valence-electron chi connectivity index (χ3n) is 3.26. The van der Waals surface area contributed by atoms with Crippen LogP contribution in [0.3, 0.4) is 0 Å². The highest BCUT2D eigenvalue weighted by molar-refractivity contribution is 6.45. The van der Waals surface area contributed by atoms with Crippen LogP contribution in [0.15, 0.2) is 54.6 Å². The van der Waals surface area contributed by atoms with Crippen molar-refractivity contribution in [2.45, 2.75) is 0 Å². The lowest BCUT2D eigenvalue weighted by atomic mass is 9.88. The van der Waals surface area contributed by atoms with Gasteiger partial charge >= 0.3 is 7.48 Å². The minimum atomic E-state index is -0.0452. The summed E-state index contributed by atoms with van der Waals surface area (Å²) in [6.07, 6.45) is 3.38. The molecule has 0 fully saturated rings. The monoisotopic (exact) mass is 279 g/mol. The van der Waals surface area contributed by atoms with Crippen molar-refractivity contribution in [2.24, 2.45) is 0 Å². The van der Waals surface area contributed by atoms with Gasteiger partial charge in [0.1, 0.15) is 0 Å². The zero-order valence-electron chi connectivity index (χ0n) is 12.3. The average molecular weight is 279 g/mol. The Bertz CT molecular complexity index is 631. The predicted octanol–water partition coefficient (Wildman–Crippen LogP) is 1.62. The number of anilines is 1. The van der Waals surface area contributed by atoms with Gasteiger partial charge in [-0.3, -0.25) is 4.79 Å². The van der Waals surface area contributed by atoms with E-state index in [4.69, 9.17) is 5.02 Å². The summed E-state index contributed by atoms with van der Waals surface area (Å²) < 4.78 is 0. The molecule has 0 saturated carbocycles. The number of allylic oxidation sites excluding steroid dienone is 1. The van der Waals surface area contributed by atoms with Crippen LogP contribution in [0.25, 0.3) is 6.08 Å². The number of nitrogens with zero attached hydrogens (tertiary/aromatic N) is 1. The number of carbonyl (C=O) groups excluding carboxylic acids is 1. The van der Waals surface area contributed by atoms with Crippen molar-refractivity contribution in [2.75, 3.05) is 19.0 Å². The van der Waals surface area contributed by atoms with Crippen molar-refractivity contribution in [3.8, 4) is 0 Å². The maximum absolute atomic E-state index is 12.0. The van der Waals surface area contributed by atoms with E-state index in [9.17, 15) is 4.79 Å². The van der Waals surface area contributed by atoms with Gasteiger partial charge in [0.25, 0.3) is 0 Å².